The Kier molecular flexibility index (Phi) is 10.9. The first-order chi connectivity index (χ1) is 12.9. The average Bonchev–Trinajstić information content (AvgIpc) is 2.65. The van der Waals surface area contributed by atoms with E-state index in [4.69, 9.17) is 47.7 Å². The van der Waals surface area contributed by atoms with E-state index < -0.39 is 11.9 Å². The number of hydrogen-bond donors (Lipinski definition) is 3. The van der Waals surface area contributed by atoms with E-state index in [0.717, 1.165) is 25.9 Å². The predicted octanol–water partition coefficient (Wildman–Crippen LogP) is 4.10. The standard InChI is InChI=1S/C17H19Cl2NO.C2H2O4/c18-15-8-9-16(19)17(12-15)21-11-5-4-10-20-13-14-6-2-1-3-7-14;3-1(4)2(5)6/h1-3,6-9,12,20H,4-5,10-11,13H2;(H,3,4)(H,5,6). The van der Waals surface area contributed by atoms with Gasteiger partial charge in [-0.2, -0.15) is 0 Å². The van der Waals surface area contributed by atoms with Crippen LogP contribution in [0, 0.1) is 0 Å². The van der Waals surface area contributed by atoms with Crippen molar-refractivity contribution in [2.75, 3.05) is 13.2 Å². The second kappa shape index (κ2) is 13.0. The lowest BCUT2D eigenvalue weighted by molar-refractivity contribution is -0.159. The van der Waals surface area contributed by atoms with Crippen molar-refractivity contribution in [2.24, 2.45) is 0 Å². The lowest BCUT2D eigenvalue weighted by atomic mass is 10.2. The fraction of sp³-hybridized carbons (Fsp3) is 0.263. The van der Waals surface area contributed by atoms with Crippen LogP contribution in [0.5, 0.6) is 5.75 Å². The van der Waals surface area contributed by atoms with Gasteiger partial charge in [0.05, 0.1) is 11.6 Å². The van der Waals surface area contributed by atoms with E-state index in [-0.39, 0.29) is 0 Å². The Balaban J connectivity index is 0.000000527. The molecular weight excluding hydrogens is 393 g/mol. The van der Waals surface area contributed by atoms with Crippen LogP contribution in [0.1, 0.15) is 18.4 Å². The summed E-state index contributed by atoms with van der Waals surface area (Å²) in [5.74, 6) is -2.99. The average molecular weight is 414 g/mol. The summed E-state index contributed by atoms with van der Waals surface area (Å²) in [6.45, 7) is 2.52. The normalized spacial score (nSPS) is 9.85. The highest BCUT2D eigenvalue weighted by molar-refractivity contribution is 6.34. The topological polar surface area (TPSA) is 95.9 Å². The second-order valence-electron chi connectivity index (χ2n) is 5.40. The highest BCUT2D eigenvalue weighted by Crippen LogP contribution is 2.27. The van der Waals surface area contributed by atoms with Gasteiger partial charge in [-0.25, -0.2) is 9.59 Å². The molecule has 6 nitrogen and oxygen atoms in total. The molecular formula is C19H21Cl2NO5. The number of ether oxygens (including phenoxy) is 1. The molecule has 0 bridgehead atoms. The van der Waals surface area contributed by atoms with Crippen molar-refractivity contribution >= 4 is 35.1 Å². The summed E-state index contributed by atoms with van der Waals surface area (Å²) in [4.78, 5) is 18.2. The first kappa shape index (κ1) is 22.8. The van der Waals surface area contributed by atoms with Gasteiger partial charge in [-0.15, -0.1) is 0 Å². The monoisotopic (exact) mass is 413 g/mol. The van der Waals surface area contributed by atoms with Crippen molar-refractivity contribution in [1.82, 2.24) is 5.32 Å². The minimum atomic E-state index is -1.82. The van der Waals surface area contributed by atoms with Crippen LogP contribution in [-0.4, -0.2) is 35.3 Å². The molecule has 2 rings (SSSR count). The maximum Gasteiger partial charge on any atom is 0.414 e. The summed E-state index contributed by atoms with van der Waals surface area (Å²) >= 11 is 11.9. The fourth-order valence-corrected chi connectivity index (χ4v) is 2.28. The van der Waals surface area contributed by atoms with Crippen molar-refractivity contribution in [3.05, 3.63) is 64.1 Å². The molecule has 2 aromatic rings. The third-order valence-corrected chi connectivity index (χ3v) is 3.80. The van der Waals surface area contributed by atoms with E-state index in [0.29, 0.717) is 22.4 Å². The van der Waals surface area contributed by atoms with Gasteiger partial charge in [0, 0.05) is 17.6 Å². The Morgan fingerprint density at radius 2 is 1.63 bits per heavy atom. The van der Waals surface area contributed by atoms with Crippen LogP contribution in [0.4, 0.5) is 0 Å². The summed E-state index contributed by atoms with van der Waals surface area (Å²) in [7, 11) is 0. The van der Waals surface area contributed by atoms with E-state index in [1.165, 1.54) is 5.56 Å². The van der Waals surface area contributed by atoms with E-state index in [1.807, 2.05) is 6.07 Å². The van der Waals surface area contributed by atoms with E-state index in [2.05, 4.69) is 29.6 Å². The predicted molar refractivity (Wildman–Crippen MR) is 105 cm³/mol. The molecule has 0 heterocycles. The molecule has 0 saturated heterocycles. The van der Waals surface area contributed by atoms with Crippen LogP contribution in [0.25, 0.3) is 0 Å². The number of benzene rings is 2. The zero-order valence-corrected chi connectivity index (χ0v) is 16.0. The Bertz CT molecular complexity index is 713. The quantitative estimate of drug-likeness (QED) is 0.445. The molecule has 0 amide bonds. The highest BCUT2D eigenvalue weighted by atomic mass is 35.5. The molecule has 2 aromatic carbocycles. The molecule has 27 heavy (non-hydrogen) atoms. The maximum absolute atomic E-state index is 9.10. The molecule has 0 radical (unpaired) electrons. The smallest absolute Gasteiger partial charge is 0.414 e. The molecule has 146 valence electrons. The van der Waals surface area contributed by atoms with Crippen molar-refractivity contribution in [3.63, 3.8) is 0 Å². The molecule has 0 saturated carbocycles. The largest absolute Gasteiger partial charge is 0.492 e. The molecule has 8 heteroatoms. The van der Waals surface area contributed by atoms with Crippen molar-refractivity contribution < 1.29 is 24.5 Å². The minimum absolute atomic E-state index is 0.599. The van der Waals surface area contributed by atoms with Crippen LogP contribution in [0.2, 0.25) is 10.0 Å². The molecule has 0 aromatic heterocycles. The van der Waals surface area contributed by atoms with Gasteiger partial charge >= 0.3 is 11.9 Å². The Morgan fingerprint density at radius 1 is 0.963 bits per heavy atom. The summed E-state index contributed by atoms with van der Waals surface area (Å²) in [5.41, 5.74) is 1.31. The minimum Gasteiger partial charge on any atom is -0.492 e. The fourth-order valence-electron chi connectivity index (χ4n) is 1.95. The molecule has 0 aliphatic rings. The van der Waals surface area contributed by atoms with Gasteiger partial charge in [0.15, 0.2) is 0 Å². The van der Waals surface area contributed by atoms with Crippen LogP contribution < -0.4 is 10.1 Å². The van der Waals surface area contributed by atoms with Gasteiger partial charge in [0.1, 0.15) is 5.75 Å². The summed E-state index contributed by atoms with van der Waals surface area (Å²) < 4.78 is 5.64. The molecule has 0 unspecified atom stereocenters. The van der Waals surface area contributed by atoms with Gasteiger partial charge < -0.3 is 20.3 Å². The lowest BCUT2D eigenvalue weighted by Crippen LogP contribution is -2.15. The van der Waals surface area contributed by atoms with E-state index in [9.17, 15) is 0 Å². The van der Waals surface area contributed by atoms with Crippen LogP contribution in [0.3, 0.4) is 0 Å². The van der Waals surface area contributed by atoms with Gasteiger partial charge in [-0.05, 0) is 37.1 Å². The lowest BCUT2D eigenvalue weighted by Gasteiger charge is -2.09. The van der Waals surface area contributed by atoms with Crippen LogP contribution >= 0.6 is 23.2 Å². The van der Waals surface area contributed by atoms with E-state index in [1.54, 1.807) is 18.2 Å². The van der Waals surface area contributed by atoms with Gasteiger partial charge in [0.2, 0.25) is 0 Å². The molecule has 0 aliphatic heterocycles. The molecule has 0 fully saturated rings. The van der Waals surface area contributed by atoms with E-state index >= 15 is 0 Å². The zero-order chi connectivity index (χ0) is 20.1. The number of unbranched alkanes of at least 4 members (excludes halogenated alkanes) is 1. The number of carboxylic acid groups (broad SMARTS) is 2. The summed E-state index contributed by atoms with van der Waals surface area (Å²) in [6, 6.07) is 15.6. The highest BCUT2D eigenvalue weighted by Gasteiger charge is 2.04. The third kappa shape index (κ3) is 10.5. The van der Waals surface area contributed by atoms with Crippen molar-refractivity contribution in [2.45, 2.75) is 19.4 Å². The molecule has 3 N–H and O–H groups in total. The van der Waals surface area contributed by atoms with Crippen LogP contribution in [0.15, 0.2) is 48.5 Å². The van der Waals surface area contributed by atoms with Gasteiger partial charge in [-0.1, -0.05) is 53.5 Å². The number of hydrogen-bond acceptors (Lipinski definition) is 4. The Labute approximate surface area is 167 Å². The Morgan fingerprint density at radius 3 is 2.26 bits per heavy atom. The number of aliphatic carboxylic acids is 2. The SMILES string of the molecule is Clc1ccc(Cl)c(OCCCCNCc2ccccc2)c1.O=C(O)C(=O)O. The number of carbonyl (C=O) groups is 2. The molecule has 0 aliphatic carbocycles. The summed E-state index contributed by atoms with van der Waals surface area (Å²) in [6.07, 6.45) is 2.04. The van der Waals surface area contributed by atoms with Crippen LogP contribution in [-0.2, 0) is 16.1 Å². The first-order valence-electron chi connectivity index (χ1n) is 8.19. The van der Waals surface area contributed by atoms with Gasteiger partial charge in [-0.3, -0.25) is 0 Å². The number of carboxylic acids is 2. The first-order valence-corrected chi connectivity index (χ1v) is 8.94. The number of nitrogens with one attached hydrogen (secondary N) is 1. The third-order valence-electron chi connectivity index (χ3n) is 3.25. The van der Waals surface area contributed by atoms with Crippen molar-refractivity contribution in [1.29, 1.82) is 0 Å². The number of rotatable bonds is 8. The maximum atomic E-state index is 9.10. The zero-order valence-electron chi connectivity index (χ0n) is 14.5. The number of halogens is 2. The Hall–Kier alpha value is -2.28. The molecule has 0 atom stereocenters. The second-order valence-corrected chi connectivity index (χ2v) is 6.25. The summed E-state index contributed by atoms with van der Waals surface area (Å²) in [5, 5.41) is 19.4. The van der Waals surface area contributed by atoms with Gasteiger partial charge in [0.25, 0.3) is 0 Å². The molecule has 0 spiro atoms. The van der Waals surface area contributed by atoms with Crippen molar-refractivity contribution in [3.8, 4) is 5.75 Å².